The summed E-state index contributed by atoms with van der Waals surface area (Å²) in [5, 5.41) is 1.00. The number of methoxy groups -OCH3 is 2. The topological polar surface area (TPSA) is 51.3 Å². The highest BCUT2D eigenvalue weighted by Gasteiger charge is 2.03. The number of carbonyl (C=O) groups is 1. The molecule has 2 aromatic rings. The van der Waals surface area contributed by atoms with E-state index in [-0.39, 0.29) is 5.97 Å². The Kier molecular flexibility index (Phi) is 3.14. The van der Waals surface area contributed by atoms with Crippen molar-refractivity contribution in [2.45, 2.75) is 0 Å². The van der Waals surface area contributed by atoms with Crippen LogP contribution in [0.3, 0.4) is 0 Å². The molecule has 0 spiro atoms. The molecule has 88 valence electrons. The SMILES string of the molecule is COC(=O)/C=C/c1c[nH]c2ccc(OC)cc12. The number of nitrogens with one attached hydrogen (secondary N) is 1. The van der Waals surface area contributed by atoms with E-state index in [0.29, 0.717) is 0 Å². The van der Waals surface area contributed by atoms with Gasteiger partial charge in [-0.25, -0.2) is 4.79 Å². The Morgan fingerprint density at radius 2 is 2.18 bits per heavy atom. The second-order valence-corrected chi connectivity index (χ2v) is 3.51. The van der Waals surface area contributed by atoms with E-state index in [1.54, 1.807) is 13.2 Å². The smallest absolute Gasteiger partial charge is 0.330 e. The van der Waals surface area contributed by atoms with Crippen LogP contribution in [0.4, 0.5) is 0 Å². The van der Waals surface area contributed by atoms with Crippen LogP contribution in [0.15, 0.2) is 30.5 Å². The largest absolute Gasteiger partial charge is 0.497 e. The van der Waals surface area contributed by atoms with E-state index >= 15 is 0 Å². The maximum absolute atomic E-state index is 11.0. The van der Waals surface area contributed by atoms with Crippen molar-refractivity contribution >= 4 is 22.9 Å². The number of carbonyl (C=O) groups excluding carboxylic acids is 1. The zero-order valence-corrected chi connectivity index (χ0v) is 9.69. The molecule has 0 unspecified atom stereocenters. The predicted octanol–water partition coefficient (Wildman–Crippen LogP) is 2.36. The number of rotatable bonds is 3. The van der Waals surface area contributed by atoms with Crippen LogP contribution in [0, 0.1) is 0 Å². The van der Waals surface area contributed by atoms with Crippen molar-refractivity contribution in [3.8, 4) is 5.75 Å². The third-order valence-electron chi connectivity index (χ3n) is 2.52. The summed E-state index contributed by atoms with van der Waals surface area (Å²) in [7, 11) is 2.97. The van der Waals surface area contributed by atoms with Crippen LogP contribution in [0.2, 0.25) is 0 Å². The Balaban J connectivity index is 2.40. The third kappa shape index (κ3) is 2.30. The van der Waals surface area contributed by atoms with Crippen LogP contribution in [0.1, 0.15) is 5.56 Å². The number of benzene rings is 1. The maximum atomic E-state index is 11.0. The van der Waals surface area contributed by atoms with Crippen LogP contribution < -0.4 is 4.74 Å². The molecule has 0 fully saturated rings. The van der Waals surface area contributed by atoms with Gasteiger partial charge in [-0.05, 0) is 24.3 Å². The molecule has 0 aliphatic carbocycles. The minimum atomic E-state index is -0.373. The second kappa shape index (κ2) is 4.74. The van der Waals surface area contributed by atoms with Gasteiger partial charge in [0.15, 0.2) is 0 Å². The first-order chi connectivity index (χ1) is 8.24. The number of fused-ring (bicyclic) bond motifs is 1. The molecule has 0 amide bonds. The van der Waals surface area contributed by atoms with Gasteiger partial charge < -0.3 is 14.5 Å². The Morgan fingerprint density at radius 3 is 2.88 bits per heavy atom. The molecule has 4 heteroatoms. The number of ether oxygens (including phenoxy) is 2. The van der Waals surface area contributed by atoms with E-state index in [0.717, 1.165) is 22.2 Å². The summed E-state index contributed by atoms with van der Waals surface area (Å²) in [4.78, 5) is 14.1. The lowest BCUT2D eigenvalue weighted by molar-refractivity contribution is -0.134. The van der Waals surface area contributed by atoms with Gasteiger partial charge in [0.1, 0.15) is 5.75 Å². The summed E-state index contributed by atoms with van der Waals surface area (Å²) in [6, 6.07) is 5.74. The van der Waals surface area contributed by atoms with Crippen molar-refractivity contribution in [1.82, 2.24) is 4.98 Å². The summed E-state index contributed by atoms with van der Waals surface area (Å²) in [5.74, 6) is 0.409. The molecule has 0 bridgehead atoms. The minimum Gasteiger partial charge on any atom is -0.497 e. The molecule has 1 heterocycles. The van der Waals surface area contributed by atoms with Gasteiger partial charge >= 0.3 is 5.97 Å². The molecular weight excluding hydrogens is 218 g/mol. The van der Waals surface area contributed by atoms with Crippen LogP contribution >= 0.6 is 0 Å². The number of aromatic nitrogens is 1. The van der Waals surface area contributed by atoms with Crippen molar-refractivity contribution in [2.24, 2.45) is 0 Å². The number of hydrogen-bond acceptors (Lipinski definition) is 3. The minimum absolute atomic E-state index is 0.373. The lowest BCUT2D eigenvalue weighted by atomic mass is 10.1. The first-order valence-electron chi connectivity index (χ1n) is 5.15. The average molecular weight is 231 g/mol. The van der Waals surface area contributed by atoms with Gasteiger partial charge in [-0.1, -0.05) is 0 Å². The zero-order chi connectivity index (χ0) is 12.3. The van der Waals surface area contributed by atoms with Crippen molar-refractivity contribution in [2.75, 3.05) is 14.2 Å². The number of hydrogen-bond donors (Lipinski definition) is 1. The monoisotopic (exact) mass is 231 g/mol. The molecule has 0 saturated heterocycles. The van der Waals surface area contributed by atoms with E-state index < -0.39 is 0 Å². The molecule has 2 rings (SSSR count). The van der Waals surface area contributed by atoms with Gasteiger partial charge in [-0.2, -0.15) is 0 Å². The molecule has 0 saturated carbocycles. The van der Waals surface area contributed by atoms with Crippen molar-refractivity contribution in [1.29, 1.82) is 0 Å². The van der Waals surface area contributed by atoms with E-state index in [1.165, 1.54) is 13.2 Å². The third-order valence-corrected chi connectivity index (χ3v) is 2.52. The molecule has 0 atom stereocenters. The maximum Gasteiger partial charge on any atom is 0.330 e. The number of aromatic amines is 1. The molecule has 1 aromatic heterocycles. The van der Waals surface area contributed by atoms with E-state index in [9.17, 15) is 4.79 Å². The van der Waals surface area contributed by atoms with Crippen molar-refractivity contribution in [3.63, 3.8) is 0 Å². The number of esters is 1. The van der Waals surface area contributed by atoms with E-state index in [4.69, 9.17) is 4.74 Å². The fourth-order valence-corrected chi connectivity index (χ4v) is 1.61. The Hall–Kier alpha value is -2.23. The molecule has 0 aliphatic heterocycles. The first-order valence-corrected chi connectivity index (χ1v) is 5.15. The van der Waals surface area contributed by atoms with Crippen molar-refractivity contribution in [3.05, 3.63) is 36.0 Å². The molecule has 0 radical (unpaired) electrons. The van der Waals surface area contributed by atoms with Crippen molar-refractivity contribution < 1.29 is 14.3 Å². The molecule has 1 aromatic carbocycles. The van der Waals surface area contributed by atoms with Gasteiger partial charge in [0.2, 0.25) is 0 Å². The summed E-state index contributed by atoms with van der Waals surface area (Å²) in [6.45, 7) is 0. The quantitative estimate of drug-likeness (QED) is 0.651. The van der Waals surface area contributed by atoms with Crippen LogP contribution in [-0.4, -0.2) is 25.2 Å². The average Bonchev–Trinajstić information content (AvgIpc) is 2.78. The zero-order valence-electron chi connectivity index (χ0n) is 9.69. The van der Waals surface area contributed by atoms with Crippen LogP contribution in [0.25, 0.3) is 17.0 Å². The van der Waals surface area contributed by atoms with Gasteiger partial charge in [0.05, 0.1) is 14.2 Å². The molecule has 1 N–H and O–H groups in total. The highest BCUT2D eigenvalue weighted by Crippen LogP contribution is 2.24. The Bertz CT molecular complexity index is 569. The van der Waals surface area contributed by atoms with E-state index in [1.807, 2.05) is 24.4 Å². The summed E-state index contributed by atoms with van der Waals surface area (Å²) >= 11 is 0. The van der Waals surface area contributed by atoms with Gasteiger partial charge in [0, 0.05) is 28.7 Å². The fourth-order valence-electron chi connectivity index (χ4n) is 1.61. The standard InChI is InChI=1S/C13H13NO3/c1-16-10-4-5-12-11(7-10)9(8-14-12)3-6-13(15)17-2/h3-8,14H,1-2H3/b6-3+. The normalized spacial score (nSPS) is 10.9. The Morgan fingerprint density at radius 1 is 1.35 bits per heavy atom. The Labute approximate surface area is 98.8 Å². The summed E-state index contributed by atoms with van der Waals surface area (Å²) in [6.07, 6.45) is 4.94. The second-order valence-electron chi connectivity index (χ2n) is 3.51. The summed E-state index contributed by atoms with van der Waals surface area (Å²) < 4.78 is 9.71. The predicted molar refractivity (Wildman–Crippen MR) is 65.9 cm³/mol. The highest BCUT2D eigenvalue weighted by atomic mass is 16.5. The van der Waals surface area contributed by atoms with Gasteiger partial charge in [-0.15, -0.1) is 0 Å². The molecule has 0 aliphatic rings. The molecule has 4 nitrogen and oxygen atoms in total. The fraction of sp³-hybridized carbons (Fsp3) is 0.154. The molecular formula is C13H13NO3. The van der Waals surface area contributed by atoms with Gasteiger partial charge in [-0.3, -0.25) is 0 Å². The van der Waals surface area contributed by atoms with Crippen LogP contribution in [-0.2, 0) is 9.53 Å². The first kappa shape index (κ1) is 11.3. The highest BCUT2D eigenvalue weighted by molar-refractivity contribution is 5.94. The number of H-pyrrole nitrogens is 1. The lowest BCUT2D eigenvalue weighted by Crippen LogP contribution is -1.92. The summed E-state index contributed by atoms with van der Waals surface area (Å²) in [5.41, 5.74) is 1.92. The molecule has 17 heavy (non-hydrogen) atoms. The van der Waals surface area contributed by atoms with E-state index in [2.05, 4.69) is 9.72 Å². The van der Waals surface area contributed by atoms with Crippen LogP contribution in [0.5, 0.6) is 5.75 Å². The van der Waals surface area contributed by atoms with Gasteiger partial charge in [0.25, 0.3) is 0 Å². The lowest BCUT2D eigenvalue weighted by Gasteiger charge is -1.99.